The van der Waals surface area contributed by atoms with Crippen LogP contribution < -0.4 is 5.32 Å². The van der Waals surface area contributed by atoms with Crippen molar-refractivity contribution in [3.8, 4) is 23.2 Å². The van der Waals surface area contributed by atoms with Crippen LogP contribution in [0.2, 0.25) is 0 Å². The van der Waals surface area contributed by atoms with Crippen molar-refractivity contribution in [3.63, 3.8) is 0 Å². The summed E-state index contributed by atoms with van der Waals surface area (Å²) in [6.07, 6.45) is 8.03. The Morgan fingerprint density at radius 1 is 1.14 bits per heavy atom. The van der Waals surface area contributed by atoms with Crippen molar-refractivity contribution < 1.29 is 9.21 Å². The van der Waals surface area contributed by atoms with Gasteiger partial charge in [-0.05, 0) is 55.2 Å². The molecular weight excluding hydrogens is 456 g/mol. The molecule has 6 rings (SSSR count). The molecule has 3 heterocycles. The minimum atomic E-state index is -0.288. The van der Waals surface area contributed by atoms with Gasteiger partial charge < -0.3 is 9.73 Å². The first kappa shape index (κ1) is 21.1. The van der Waals surface area contributed by atoms with Gasteiger partial charge in [-0.25, -0.2) is 4.68 Å². The fourth-order valence-corrected chi connectivity index (χ4v) is 5.68. The Balaban J connectivity index is 1.34. The fraction of sp³-hybridized carbons (Fsp3) is 0.107. The van der Waals surface area contributed by atoms with E-state index in [1.54, 1.807) is 10.8 Å². The summed E-state index contributed by atoms with van der Waals surface area (Å²) in [6.45, 7) is 0. The zero-order valence-corrected chi connectivity index (χ0v) is 19.5. The number of hydrogen-bond acceptors (Lipinski definition) is 5. The number of nitrogens with zero attached hydrogens (tertiary/aromatic N) is 3. The van der Waals surface area contributed by atoms with Crippen LogP contribution in [0.4, 0.5) is 5.00 Å². The minimum absolute atomic E-state index is 0.288. The number of benzene rings is 2. The van der Waals surface area contributed by atoms with E-state index >= 15 is 0 Å². The maximum Gasteiger partial charge on any atom is 0.249 e. The highest BCUT2D eigenvalue weighted by atomic mass is 32.1. The van der Waals surface area contributed by atoms with Gasteiger partial charge in [-0.3, -0.25) is 4.79 Å². The molecule has 170 valence electrons. The first-order valence-corrected chi connectivity index (χ1v) is 12.2. The molecular formula is C28H20N4O2S. The van der Waals surface area contributed by atoms with Crippen LogP contribution in [0.5, 0.6) is 0 Å². The number of aryl methyl sites for hydroxylation is 1. The van der Waals surface area contributed by atoms with Crippen molar-refractivity contribution in [2.75, 3.05) is 5.32 Å². The molecule has 0 spiro atoms. The van der Waals surface area contributed by atoms with Crippen LogP contribution in [-0.2, 0) is 17.6 Å². The van der Waals surface area contributed by atoms with Crippen LogP contribution in [0.25, 0.3) is 34.2 Å². The van der Waals surface area contributed by atoms with Crippen LogP contribution in [0.1, 0.15) is 28.0 Å². The van der Waals surface area contributed by atoms with Crippen LogP contribution in [0, 0.1) is 11.3 Å². The highest BCUT2D eigenvalue weighted by Crippen LogP contribution is 2.38. The maximum atomic E-state index is 12.8. The topological polar surface area (TPSA) is 83.9 Å². The second kappa shape index (κ2) is 8.75. The molecule has 0 bridgehead atoms. The van der Waals surface area contributed by atoms with Gasteiger partial charge in [0.15, 0.2) is 5.76 Å². The van der Waals surface area contributed by atoms with Gasteiger partial charge in [-0.15, -0.1) is 11.3 Å². The number of rotatable bonds is 5. The smallest absolute Gasteiger partial charge is 0.249 e. The monoisotopic (exact) mass is 476 g/mol. The van der Waals surface area contributed by atoms with Gasteiger partial charge in [0, 0.05) is 28.1 Å². The lowest BCUT2D eigenvalue weighted by Gasteiger charge is -2.00. The van der Waals surface area contributed by atoms with Crippen LogP contribution in [-0.4, -0.2) is 15.7 Å². The number of hydrogen-bond donors (Lipinski definition) is 1. The average molecular weight is 477 g/mol. The van der Waals surface area contributed by atoms with E-state index in [4.69, 9.17) is 9.52 Å². The summed E-state index contributed by atoms with van der Waals surface area (Å²) >= 11 is 1.51. The zero-order valence-electron chi connectivity index (χ0n) is 18.7. The number of fused-ring (bicyclic) bond motifs is 2. The van der Waals surface area contributed by atoms with Gasteiger partial charge >= 0.3 is 0 Å². The van der Waals surface area contributed by atoms with Gasteiger partial charge in [-0.2, -0.15) is 10.4 Å². The largest absolute Gasteiger partial charge is 0.454 e. The number of anilines is 1. The van der Waals surface area contributed by atoms with Gasteiger partial charge in [-0.1, -0.05) is 36.4 Å². The molecule has 1 amide bonds. The third-order valence-corrected chi connectivity index (χ3v) is 7.31. The molecule has 1 N–H and O–H groups in total. The number of furan rings is 1. The number of aromatic nitrogens is 2. The van der Waals surface area contributed by atoms with E-state index in [0.717, 1.165) is 47.0 Å². The third kappa shape index (κ3) is 3.94. The highest BCUT2D eigenvalue weighted by molar-refractivity contribution is 7.16. The number of nitriles is 1. The maximum absolute atomic E-state index is 12.8. The average Bonchev–Trinajstić information content (AvgIpc) is 3.65. The van der Waals surface area contributed by atoms with Crippen LogP contribution in [0.15, 0.2) is 77.4 Å². The summed E-state index contributed by atoms with van der Waals surface area (Å²) in [4.78, 5) is 14.0. The van der Waals surface area contributed by atoms with E-state index in [1.807, 2.05) is 66.9 Å². The van der Waals surface area contributed by atoms with Crippen molar-refractivity contribution in [1.29, 1.82) is 5.26 Å². The van der Waals surface area contributed by atoms with Crippen molar-refractivity contribution in [3.05, 3.63) is 94.5 Å². The Morgan fingerprint density at radius 3 is 2.80 bits per heavy atom. The van der Waals surface area contributed by atoms with Crippen molar-refractivity contribution in [2.45, 2.75) is 19.3 Å². The summed E-state index contributed by atoms with van der Waals surface area (Å²) in [5, 5.41) is 18.9. The Hall–Kier alpha value is -4.41. The third-order valence-electron chi connectivity index (χ3n) is 6.11. The predicted molar refractivity (Wildman–Crippen MR) is 137 cm³/mol. The summed E-state index contributed by atoms with van der Waals surface area (Å²) < 4.78 is 7.84. The summed E-state index contributed by atoms with van der Waals surface area (Å²) in [6, 6.07) is 21.8. The standard InChI is InChI=1S/C28H20N4O2S/c29-16-22-21-10-6-12-25(21)35-28(22)30-26(33)14-13-19-17-32(20-8-2-1-3-9-20)31-27(19)24-15-18-7-4-5-11-23(18)34-24/h1-5,7-9,11,13-15,17H,6,10,12H2,(H,30,33)/b14-13+. The van der Waals surface area contributed by atoms with Gasteiger partial charge in [0.05, 0.1) is 11.3 Å². The molecule has 0 saturated carbocycles. The molecule has 0 aliphatic heterocycles. The minimum Gasteiger partial charge on any atom is -0.454 e. The molecule has 35 heavy (non-hydrogen) atoms. The van der Waals surface area contributed by atoms with Crippen LogP contribution >= 0.6 is 11.3 Å². The number of amides is 1. The van der Waals surface area contributed by atoms with E-state index in [1.165, 1.54) is 22.3 Å². The van der Waals surface area contributed by atoms with Crippen molar-refractivity contribution >= 4 is 39.3 Å². The summed E-state index contributed by atoms with van der Waals surface area (Å²) in [7, 11) is 0. The van der Waals surface area contributed by atoms with E-state index in [2.05, 4.69) is 11.4 Å². The molecule has 0 atom stereocenters. The van der Waals surface area contributed by atoms with E-state index in [9.17, 15) is 10.1 Å². The van der Waals surface area contributed by atoms with Crippen molar-refractivity contribution in [1.82, 2.24) is 9.78 Å². The Morgan fingerprint density at radius 2 is 1.97 bits per heavy atom. The number of para-hydroxylation sites is 2. The lowest BCUT2D eigenvalue weighted by Crippen LogP contribution is -2.07. The second-order valence-electron chi connectivity index (χ2n) is 8.36. The lowest BCUT2D eigenvalue weighted by molar-refractivity contribution is -0.111. The Bertz CT molecular complexity index is 1600. The van der Waals surface area contributed by atoms with Gasteiger partial charge in [0.1, 0.15) is 22.3 Å². The fourth-order valence-electron chi connectivity index (χ4n) is 4.44. The number of carbonyl (C=O) groups is 1. The van der Waals surface area contributed by atoms with Gasteiger partial charge in [0.2, 0.25) is 5.91 Å². The molecule has 0 fully saturated rings. The first-order valence-electron chi connectivity index (χ1n) is 11.4. The summed E-state index contributed by atoms with van der Waals surface area (Å²) in [5.41, 5.74) is 4.76. The first-order chi connectivity index (χ1) is 17.2. The molecule has 5 aromatic rings. The normalized spacial score (nSPS) is 12.8. The highest BCUT2D eigenvalue weighted by Gasteiger charge is 2.23. The molecule has 7 heteroatoms. The molecule has 0 unspecified atom stereocenters. The Labute approximate surface area is 205 Å². The van der Waals surface area contributed by atoms with Crippen LogP contribution in [0.3, 0.4) is 0 Å². The zero-order chi connectivity index (χ0) is 23.8. The molecule has 6 nitrogen and oxygen atoms in total. The SMILES string of the molecule is N#Cc1c(NC(=O)/C=C/c2cn(-c3ccccc3)nc2-c2cc3ccccc3o2)sc2c1CCC2. The number of nitrogens with one attached hydrogen (secondary N) is 1. The number of carbonyl (C=O) groups excluding carboxylic acids is 1. The number of thiophene rings is 1. The Kier molecular flexibility index (Phi) is 5.28. The molecule has 0 saturated heterocycles. The van der Waals surface area contributed by atoms with Gasteiger partial charge in [0.25, 0.3) is 0 Å². The molecule has 1 aliphatic carbocycles. The lowest BCUT2D eigenvalue weighted by atomic mass is 10.1. The predicted octanol–water partition coefficient (Wildman–Crippen LogP) is 6.36. The van der Waals surface area contributed by atoms with Crippen molar-refractivity contribution in [2.24, 2.45) is 0 Å². The van der Waals surface area contributed by atoms with E-state index < -0.39 is 0 Å². The quantitative estimate of drug-likeness (QED) is 0.299. The molecule has 0 radical (unpaired) electrons. The van der Waals surface area contributed by atoms with E-state index in [0.29, 0.717) is 22.0 Å². The molecule has 3 aromatic heterocycles. The molecule has 1 aliphatic rings. The molecule has 2 aromatic carbocycles. The van der Waals surface area contributed by atoms with E-state index in [-0.39, 0.29) is 5.91 Å². The summed E-state index contributed by atoms with van der Waals surface area (Å²) in [5.74, 6) is 0.340. The second-order valence-corrected chi connectivity index (χ2v) is 9.46.